The summed E-state index contributed by atoms with van der Waals surface area (Å²) < 4.78 is 5.53. The van der Waals surface area contributed by atoms with Gasteiger partial charge in [0.25, 0.3) is 0 Å². The first-order valence-corrected chi connectivity index (χ1v) is 20.3. The van der Waals surface area contributed by atoms with Crippen molar-refractivity contribution in [2.75, 3.05) is 98.2 Å². The summed E-state index contributed by atoms with van der Waals surface area (Å²) in [6.07, 6.45) is 12.0. The first-order chi connectivity index (χ1) is 24.9. The molecule has 5 rings (SSSR count). The molecule has 1 unspecified atom stereocenters. The van der Waals surface area contributed by atoms with Crippen LogP contribution in [0.2, 0.25) is 0 Å². The number of hydrogen-bond donors (Lipinski definition) is 10. The molecular weight excluding hydrogens is 665 g/mol. The van der Waals surface area contributed by atoms with Gasteiger partial charge in [-0.1, -0.05) is 32.1 Å². The fourth-order valence-corrected chi connectivity index (χ4v) is 8.15. The molecule has 10 N–H and O–H groups in total. The van der Waals surface area contributed by atoms with Crippen LogP contribution in [0.4, 0.5) is 4.79 Å². The van der Waals surface area contributed by atoms with Crippen molar-refractivity contribution >= 4 is 29.3 Å². The zero-order chi connectivity index (χ0) is 36.0. The molecule has 290 valence electrons. The van der Waals surface area contributed by atoms with E-state index in [9.17, 15) is 9.59 Å². The maximum Gasteiger partial charge on any atom is 0.407 e. The van der Waals surface area contributed by atoms with Crippen LogP contribution in [0.3, 0.4) is 0 Å². The largest absolute Gasteiger partial charge is 0.449 e. The summed E-state index contributed by atoms with van der Waals surface area (Å²) in [6.45, 7) is 12.8. The smallest absolute Gasteiger partial charge is 0.407 e. The Balaban J connectivity index is 1.05. The van der Waals surface area contributed by atoms with Gasteiger partial charge in [0.1, 0.15) is 0 Å². The minimum atomic E-state index is -0.399. The van der Waals surface area contributed by atoms with E-state index in [-0.39, 0.29) is 17.5 Å². The van der Waals surface area contributed by atoms with Crippen LogP contribution in [0.5, 0.6) is 0 Å². The molecule has 0 aromatic heterocycles. The molecule has 1 saturated carbocycles. The topological polar surface area (TPSA) is 164 Å². The van der Waals surface area contributed by atoms with Crippen molar-refractivity contribution in [3.8, 4) is 11.8 Å². The molecule has 14 heteroatoms. The SMILES string of the molecule is CC(=O)NC12CNCCNCC(NC(=S)NCCCCCCCCCNC(=O)OCC3[C@H]4CCC#CCC[C@@H]34)(CNCCNC1)CNCCNC2. The van der Waals surface area contributed by atoms with Crippen molar-refractivity contribution in [1.29, 1.82) is 0 Å². The monoisotopic (exact) mass is 733 g/mol. The highest BCUT2D eigenvalue weighted by Crippen LogP contribution is 2.52. The lowest BCUT2D eigenvalue weighted by atomic mass is 9.97. The number of hydrogen-bond acceptors (Lipinski definition) is 10. The Morgan fingerprint density at radius 3 is 1.51 bits per heavy atom. The van der Waals surface area contributed by atoms with Crippen molar-refractivity contribution in [1.82, 2.24) is 53.2 Å². The van der Waals surface area contributed by atoms with Gasteiger partial charge in [0, 0.05) is 111 Å². The number of nitrogens with one attached hydrogen (secondary N) is 10. The van der Waals surface area contributed by atoms with E-state index in [0.29, 0.717) is 55.7 Å². The van der Waals surface area contributed by atoms with Crippen molar-refractivity contribution in [2.45, 2.75) is 88.6 Å². The number of thiocarbonyl (C=S) groups is 1. The van der Waals surface area contributed by atoms with Crippen LogP contribution >= 0.6 is 12.2 Å². The standard InChI is InChI=1S/C37H68N10O3S/c1-30(48)46-36-24-38-17-20-41-27-37(28-42-21-18-39-25-36,29-43-22-19-40-26-36)47-34(51)44-15-11-7-3-2-4-8-12-16-45-35(49)50-23-33-31-13-9-5-6-10-14-32(31)33/h31-33,38-43H,2-4,7-29H2,1H3,(H,45,49)(H,46,48)(H2,44,47,51)/t31-,32+,33?,36?,37?. The van der Waals surface area contributed by atoms with Gasteiger partial charge in [-0.15, -0.1) is 11.8 Å². The van der Waals surface area contributed by atoms with Crippen LogP contribution in [0.15, 0.2) is 0 Å². The van der Waals surface area contributed by atoms with Crippen molar-refractivity contribution in [2.24, 2.45) is 17.8 Å². The zero-order valence-corrected chi connectivity index (χ0v) is 32.1. The molecular formula is C37H68N10O3S. The maximum atomic E-state index is 12.1. The van der Waals surface area contributed by atoms with E-state index in [4.69, 9.17) is 17.0 Å². The number of carbonyl (C=O) groups is 2. The minimum Gasteiger partial charge on any atom is -0.449 e. The Labute approximate surface area is 312 Å². The third-order valence-corrected chi connectivity index (χ3v) is 10.9. The van der Waals surface area contributed by atoms with E-state index in [2.05, 4.69) is 65.0 Å². The minimum absolute atomic E-state index is 0.0166. The van der Waals surface area contributed by atoms with Crippen LogP contribution in [0, 0.1) is 29.6 Å². The van der Waals surface area contributed by atoms with Gasteiger partial charge < -0.3 is 57.9 Å². The maximum absolute atomic E-state index is 12.1. The van der Waals surface area contributed by atoms with E-state index in [1.807, 2.05) is 0 Å². The van der Waals surface area contributed by atoms with Crippen LogP contribution in [-0.4, -0.2) is 126 Å². The molecule has 5 aliphatic rings. The van der Waals surface area contributed by atoms with Crippen LogP contribution in [0.25, 0.3) is 0 Å². The van der Waals surface area contributed by atoms with E-state index in [1.165, 1.54) is 25.7 Å². The number of unbranched alkanes of at least 4 members (excludes halogenated alkanes) is 6. The summed E-state index contributed by atoms with van der Waals surface area (Å²) in [5.74, 6) is 8.41. The molecule has 3 heterocycles. The molecule has 51 heavy (non-hydrogen) atoms. The lowest BCUT2D eigenvalue weighted by Crippen LogP contribution is -2.68. The number of carbonyl (C=O) groups excluding carboxylic acids is 2. The second-order valence-electron chi connectivity index (χ2n) is 15.1. The van der Waals surface area contributed by atoms with Crippen molar-refractivity contribution in [3.05, 3.63) is 0 Å². The van der Waals surface area contributed by atoms with E-state index < -0.39 is 5.54 Å². The Kier molecular flexibility index (Phi) is 19.1. The average Bonchev–Trinajstić information content (AvgIpc) is 3.74. The predicted octanol–water partition coefficient (Wildman–Crippen LogP) is 0.526. The van der Waals surface area contributed by atoms with Gasteiger partial charge in [0.2, 0.25) is 5.91 Å². The van der Waals surface area contributed by atoms with E-state index in [0.717, 1.165) is 110 Å². The van der Waals surface area contributed by atoms with Gasteiger partial charge in [-0.2, -0.15) is 0 Å². The highest BCUT2D eigenvalue weighted by atomic mass is 32.1. The molecule has 2 bridgehead atoms. The summed E-state index contributed by atoms with van der Waals surface area (Å²) >= 11 is 5.81. The lowest BCUT2D eigenvalue weighted by molar-refractivity contribution is -0.120. The molecule has 3 saturated heterocycles. The molecule has 4 fully saturated rings. The molecule has 0 radical (unpaired) electrons. The third-order valence-electron chi connectivity index (χ3n) is 10.7. The third kappa shape index (κ3) is 16.1. The highest BCUT2D eigenvalue weighted by molar-refractivity contribution is 7.80. The van der Waals surface area contributed by atoms with Gasteiger partial charge in [-0.25, -0.2) is 4.79 Å². The summed E-state index contributed by atoms with van der Waals surface area (Å²) in [6, 6.07) is 0. The molecule has 3 atom stereocenters. The zero-order valence-electron chi connectivity index (χ0n) is 31.2. The molecule has 0 spiro atoms. The van der Waals surface area contributed by atoms with Crippen LogP contribution in [-0.2, 0) is 9.53 Å². The number of alkyl carbamates (subject to hydrolysis) is 1. The van der Waals surface area contributed by atoms with Crippen molar-refractivity contribution in [3.63, 3.8) is 0 Å². The highest BCUT2D eigenvalue weighted by Gasteiger charge is 2.49. The molecule has 0 aromatic carbocycles. The second-order valence-corrected chi connectivity index (χ2v) is 15.5. The lowest BCUT2D eigenvalue weighted by Gasteiger charge is -2.39. The number of rotatable bonds is 14. The number of amides is 2. The number of fused-ring (bicyclic) bond motifs is 16. The Hall–Kier alpha value is -2.25. The quantitative estimate of drug-likeness (QED) is 0.0686. The molecule has 2 amide bonds. The van der Waals surface area contributed by atoms with E-state index >= 15 is 0 Å². The van der Waals surface area contributed by atoms with Gasteiger partial charge >= 0.3 is 6.09 Å². The second kappa shape index (κ2) is 23.4. The molecule has 3 aliphatic heterocycles. The first kappa shape index (κ1) is 41.5. The van der Waals surface area contributed by atoms with Gasteiger partial charge in [0.15, 0.2) is 5.11 Å². The van der Waals surface area contributed by atoms with Crippen LogP contribution < -0.4 is 53.2 Å². The fraction of sp³-hybridized carbons (Fsp3) is 0.865. The summed E-state index contributed by atoms with van der Waals surface area (Å²) in [7, 11) is 0. The van der Waals surface area contributed by atoms with Crippen LogP contribution in [0.1, 0.15) is 77.6 Å². The summed E-state index contributed by atoms with van der Waals surface area (Å²) in [5.41, 5.74) is -0.696. The average molecular weight is 733 g/mol. The van der Waals surface area contributed by atoms with Gasteiger partial charge in [-0.3, -0.25) is 4.79 Å². The Morgan fingerprint density at radius 2 is 1.06 bits per heavy atom. The molecule has 0 aromatic rings. The molecule has 13 nitrogen and oxygen atoms in total. The number of ether oxygens (including phenoxy) is 1. The summed E-state index contributed by atoms with van der Waals surface area (Å²) in [4.78, 5) is 24.2. The predicted molar refractivity (Wildman–Crippen MR) is 209 cm³/mol. The Bertz CT molecular complexity index is 1060. The van der Waals surface area contributed by atoms with Gasteiger partial charge in [0.05, 0.1) is 17.7 Å². The fourth-order valence-electron chi connectivity index (χ4n) is 7.83. The molecule has 2 aliphatic carbocycles. The van der Waals surface area contributed by atoms with E-state index in [1.54, 1.807) is 6.92 Å². The van der Waals surface area contributed by atoms with Crippen molar-refractivity contribution < 1.29 is 14.3 Å². The first-order valence-electron chi connectivity index (χ1n) is 19.9. The summed E-state index contributed by atoms with van der Waals surface area (Å²) in [5, 5.41) is 35.6. The Morgan fingerprint density at radius 1 is 0.647 bits per heavy atom. The van der Waals surface area contributed by atoms with Gasteiger partial charge in [-0.05, 0) is 55.7 Å². The normalized spacial score (nSPS) is 28.9.